The van der Waals surface area contributed by atoms with Crippen molar-refractivity contribution in [3.63, 3.8) is 0 Å². The van der Waals surface area contributed by atoms with E-state index in [4.69, 9.17) is 14.2 Å². The molecule has 1 saturated heterocycles. The highest BCUT2D eigenvalue weighted by molar-refractivity contribution is 5.63. The van der Waals surface area contributed by atoms with Gasteiger partial charge in [0.05, 0.1) is 18.9 Å². The van der Waals surface area contributed by atoms with Crippen molar-refractivity contribution in [2.24, 2.45) is 0 Å². The van der Waals surface area contributed by atoms with Gasteiger partial charge in [0.25, 0.3) is 0 Å². The first kappa shape index (κ1) is 18.0. The summed E-state index contributed by atoms with van der Waals surface area (Å²) in [6.07, 6.45) is 6.70. The minimum Gasteiger partial charge on any atom is -0.497 e. The number of aromatic nitrogens is 1. The second kappa shape index (κ2) is 8.55. The lowest BCUT2D eigenvalue weighted by molar-refractivity contribution is 0.0727. The Morgan fingerprint density at radius 3 is 2.96 bits per heavy atom. The first-order valence-electron chi connectivity index (χ1n) is 9.54. The molecule has 142 valence electrons. The predicted octanol–water partition coefficient (Wildman–Crippen LogP) is 3.55. The van der Waals surface area contributed by atoms with Crippen LogP contribution in [0.1, 0.15) is 24.1 Å². The van der Waals surface area contributed by atoms with Gasteiger partial charge in [-0.05, 0) is 48.8 Å². The van der Waals surface area contributed by atoms with E-state index in [0.717, 1.165) is 61.8 Å². The van der Waals surface area contributed by atoms with Crippen molar-refractivity contribution in [3.05, 3.63) is 59.4 Å². The van der Waals surface area contributed by atoms with Crippen molar-refractivity contribution in [1.29, 1.82) is 0 Å². The number of fused-ring (bicyclic) bond motifs is 1. The van der Waals surface area contributed by atoms with Crippen molar-refractivity contribution in [2.45, 2.75) is 25.5 Å². The van der Waals surface area contributed by atoms with Gasteiger partial charge in [-0.1, -0.05) is 6.07 Å². The molecule has 1 aromatic heterocycles. The Hall–Kier alpha value is -2.37. The summed E-state index contributed by atoms with van der Waals surface area (Å²) in [7, 11) is 1.67. The fourth-order valence-electron chi connectivity index (χ4n) is 3.68. The second-order valence-corrected chi connectivity index (χ2v) is 7.12. The Labute approximate surface area is 160 Å². The van der Waals surface area contributed by atoms with Crippen LogP contribution in [-0.2, 0) is 11.3 Å². The highest BCUT2D eigenvalue weighted by atomic mass is 16.5. The zero-order valence-corrected chi connectivity index (χ0v) is 15.8. The van der Waals surface area contributed by atoms with Crippen LogP contribution in [0.15, 0.2) is 48.2 Å². The largest absolute Gasteiger partial charge is 0.497 e. The normalized spacial score (nSPS) is 18.7. The minimum atomic E-state index is 0.315. The van der Waals surface area contributed by atoms with Crippen LogP contribution in [0.4, 0.5) is 0 Å². The van der Waals surface area contributed by atoms with Crippen LogP contribution in [0.3, 0.4) is 0 Å². The van der Waals surface area contributed by atoms with E-state index in [1.54, 1.807) is 7.11 Å². The van der Waals surface area contributed by atoms with Gasteiger partial charge in [0.1, 0.15) is 18.1 Å². The van der Waals surface area contributed by atoms with Gasteiger partial charge in [0.15, 0.2) is 0 Å². The molecule has 0 N–H and O–H groups in total. The van der Waals surface area contributed by atoms with Gasteiger partial charge in [0.2, 0.25) is 0 Å². The standard InChI is InChI=1S/C22H26N2O3/c1-25-20-8-7-18-11-17(16-27-22(18)12-20)13-24(15-21-6-4-10-26-21)14-19-5-2-3-9-23-19/h2-3,5,7-9,11-12,21H,4,6,10,13-16H2,1H3/t21-/m1/s1. The fraction of sp³-hybridized carbons (Fsp3) is 0.409. The maximum absolute atomic E-state index is 5.98. The maximum Gasteiger partial charge on any atom is 0.130 e. The van der Waals surface area contributed by atoms with Crippen LogP contribution >= 0.6 is 0 Å². The predicted molar refractivity (Wildman–Crippen MR) is 105 cm³/mol. The Balaban J connectivity index is 1.48. The average Bonchev–Trinajstić information content (AvgIpc) is 3.21. The van der Waals surface area contributed by atoms with Crippen molar-refractivity contribution < 1.29 is 14.2 Å². The van der Waals surface area contributed by atoms with E-state index in [0.29, 0.717) is 12.7 Å². The maximum atomic E-state index is 5.98. The molecule has 1 atom stereocenters. The van der Waals surface area contributed by atoms with Crippen LogP contribution < -0.4 is 9.47 Å². The molecule has 0 unspecified atom stereocenters. The van der Waals surface area contributed by atoms with Gasteiger partial charge in [-0.25, -0.2) is 0 Å². The van der Waals surface area contributed by atoms with Crippen LogP contribution in [0.25, 0.3) is 6.08 Å². The van der Waals surface area contributed by atoms with E-state index in [-0.39, 0.29) is 0 Å². The van der Waals surface area contributed by atoms with Gasteiger partial charge >= 0.3 is 0 Å². The molecule has 0 bridgehead atoms. The molecule has 0 amide bonds. The number of ether oxygens (including phenoxy) is 3. The summed E-state index contributed by atoms with van der Waals surface area (Å²) >= 11 is 0. The molecule has 2 aromatic rings. The fourth-order valence-corrected chi connectivity index (χ4v) is 3.68. The summed E-state index contributed by atoms with van der Waals surface area (Å²) in [6, 6.07) is 12.0. The first-order valence-corrected chi connectivity index (χ1v) is 9.54. The van der Waals surface area contributed by atoms with E-state index in [1.165, 1.54) is 5.57 Å². The number of benzene rings is 1. The lowest BCUT2D eigenvalue weighted by Crippen LogP contribution is -2.34. The molecule has 27 heavy (non-hydrogen) atoms. The Bertz CT molecular complexity index is 785. The molecule has 2 aliphatic heterocycles. The SMILES string of the molecule is COc1ccc2c(c1)OCC(CN(Cc1ccccn1)C[C@H]1CCCO1)=C2. The molecule has 0 aliphatic carbocycles. The molecule has 4 rings (SSSR count). The molecule has 0 radical (unpaired) electrons. The van der Waals surface area contributed by atoms with Gasteiger partial charge < -0.3 is 14.2 Å². The van der Waals surface area contributed by atoms with Crippen molar-refractivity contribution in [1.82, 2.24) is 9.88 Å². The molecule has 5 heteroatoms. The Morgan fingerprint density at radius 2 is 2.19 bits per heavy atom. The summed E-state index contributed by atoms with van der Waals surface area (Å²) in [5.41, 5.74) is 3.45. The summed E-state index contributed by atoms with van der Waals surface area (Å²) in [4.78, 5) is 6.91. The third-order valence-corrected chi connectivity index (χ3v) is 5.02. The first-order chi connectivity index (χ1) is 13.3. The molecule has 0 saturated carbocycles. The number of hydrogen-bond donors (Lipinski definition) is 0. The molecule has 2 aliphatic rings. The number of pyridine rings is 1. The summed E-state index contributed by atoms with van der Waals surface area (Å²) in [5, 5.41) is 0. The average molecular weight is 366 g/mol. The Morgan fingerprint density at radius 1 is 1.22 bits per heavy atom. The molecule has 1 aromatic carbocycles. The van der Waals surface area contributed by atoms with Crippen molar-refractivity contribution in [2.75, 3.05) is 33.4 Å². The van der Waals surface area contributed by atoms with Gasteiger partial charge in [-0.15, -0.1) is 0 Å². The van der Waals surface area contributed by atoms with E-state index < -0.39 is 0 Å². The van der Waals surface area contributed by atoms with Crippen molar-refractivity contribution >= 4 is 6.08 Å². The topological polar surface area (TPSA) is 43.8 Å². The van der Waals surface area contributed by atoms with Crippen LogP contribution in [0.2, 0.25) is 0 Å². The van der Waals surface area contributed by atoms with Crippen LogP contribution in [0.5, 0.6) is 11.5 Å². The lowest BCUT2D eigenvalue weighted by Gasteiger charge is -2.27. The number of nitrogens with zero attached hydrogens (tertiary/aromatic N) is 2. The monoisotopic (exact) mass is 366 g/mol. The van der Waals surface area contributed by atoms with E-state index in [2.05, 4.69) is 28.1 Å². The molecule has 1 fully saturated rings. The summed E-state index contributed by atoms with van der Waals surface area (Å²) < 4.78 is 17.1. The zero-order valence-electron chi connectivity index (χ0n) is 15.8. The number of methoxy groups -OCH3 is 1. The van der Waals surface area contributed by atoms with Crippen molar-refractivity contribution in [3.8, 4) is 11.5 Å². The number of rotatable bonds is 7. The second-order valence-electron chi connectivity index (χ2n) is 7.12. The molecule has 0 spiro atoms. The zero-order chi connectivity index (χ0) is 18.5. The van der Waals surface area contributed by atoms with E-state index in [1.807, 2.05) is 30.5 Å². The van der Waals surface area contributed by atoms with E-state index in [9.17, 15) is 0 Å². The highest BCUT2D eigenvalue weighted by Gasteiger charge is 2.22. The molecule has 5 nitrogen and oxygen atoms in total. The minimum absolute atomic E-state index is 0.315. The van der Waals surface area contributed by atoms with Crippen LogP contribution in [0, 0.1) is 0 Å². The smallest absolute Gasteiger partial charge is 0.130 e. The quantitative estimate of drug-likeness (QED) is 0.750. The highest BCUT2D eigenvalue weighted by Crippen LogP contribution is 2.30. The lowest BCUT2D eigenvalue weighted by atomic mass is 10.1. The Kier molecular flexibility index (Phi) is 5.70. The summed E-state index contributed by atoms with van der Waals surface area (Å²) in [5.74, 6) is 1.70. The van der Waals surface area contributed by atoms with Gasteiger partial charge in [-0.3, -0.25) is 9.88 Å². The van der Waals surface area contributed by atoms with Gasteiger partial charge in [0, 0.05) is 44.1 Å². The van der Waals surface area contributed by atoms with E-state index >= 15 is 0 Å². The molecular weight excluding hydrogens is 340 g/mol. The van der Waals surface area contributed by atoms with Crippen LogP contribution in [-0.4, -0.2) is 49.4 Å². The third-order valence-electron chi connectivity index (χ3n) is 5.02. The van der Waals surface area contributed by atoms with Gasteiger partial charge in [-0.2, -0.15) is 0 Å². The molecular formula is C22H26N2O3. The molecule has 3 heterocycles. The third kappa shape index (κ3) is 4.67. The number of hydrogen-bond acceptors (Lipinski definition) is 5. The summed E-state index contributed by atoms with van der Waals surface area (Å²) in [6.45, 7) is 4.06.